The van der Waals surface area contributed by atoms with Crippen molar-refractivity contribution in [3.8, 4) is 0 Å². The summed E-state index contributed by atoms with van der Waals surface area (Å²) in [4.78, 5) is 29.9. The standard InChI is InChI=1S/C20H30N2O3/c1-3-13(2)20(24)25-15-7-9-21-12-14-10-16(18(21)11-15)19(23)22-8-5-4-6-17(14)22/h3,14-18H,4-12H2,1-2H3. The minimum Gasteiger partial charge on any atom is -0.459 e. The zero-order valence-corrected chi connectivity index (χ0v) is 15.4. The van der Waals surface area contributed by atoms with Gasteiger partial charge in [0.1, 0.15) is 6.10 Å². The summed E-state index contributed by atoms with van der Waals surface area (Å²) in [6.07, 6.45) is 8.09. The largest absolute Gasteiger partial charge is 0.459 e. The Labute approximate surface area is 150 Å². The summed E-state index contributed by atoms with van der Waals surface area (Å²) in [5.74, 6) is 0.911. The average molecular weight is 346 g/mol. The number of piperidine rings is 4. The molecule has 5 unspecified atom stereocenters. The van der Waals surface area contributed by atoms with E-state index in [0.29, 0.717) is 23.4 Å². The van der Waals surface area contributed by atoms with E-state index in [1.165, 1.54) is 12.8 Å². The topological polar surface area (TPSA) is 49.9 Å². The molecule has 5 nitrogen and oxygen atoms in total. The van der Waals surface area contributed by atoms with E-state index < -0.39 is 0 Å². The zero-order valence-electron chi connectivity index (χ0n) is 15.4. The van der Waals surface area contributed by atoms with E-state index in [-0.39, 0.29) is 24.0 Å². The monoisotopic (exact) mass is 346 g/mol. The zero-order chi connectivity index (χ0) is 17.6. The lowest BCUT2D eigenvalue weighted by Crippen LogP contribution is -2.66. The van der Waals surface area contributed by atoms with Crippen LogP contribution in [0.4, 0.5) is 0 Å². The van der Waals surface area contributed by atoms with Gasteiger partial charge < -0.3 is 9.64 Å². The van der Waals surface area contributed by atoms with E-state index in [1.54, 1.807) is 13.0 Å². The predicted octanol–water partition coefficient (Wildman–Crippen LogP) is 2.36. The van der Waals surface area contributed by atoms with E-state index in [2.05, 4.69) is 9.80 Å². The van der Waals surface area contributed by atoms with Crippen LogP contribution in [0.25, 0.3) is 0 Å². The maximum absolute atomic E-state index is 13.1. The first-order valence-corrected chi connectivity index (χ1v) is 9.97. The Morgan fingerprint density at radius 2 is 2.00 bits per heavy atom. The number of hydrogen-bond donors (Lipinski definition) is 0. The first-order valence-electron chi connectivity index (χ1n) is 9.97. The first-order chi connectivity index (χ1) is 12.1. The molecule has 4 aliphatic heterocycles. The van der Waals surface area contributed by atoms with Crippen molar-refractivity contribution < 1.29 is 14.3 Å². The van der Waals surface area contributed by atoms with Crippen LogP contribution in [0.5, 0.6) is 0 Å². The number of hydrogen-bond acceptors (Lipinski definition) is 4. The second-order valence-corrected chi connectivity index (χ2v) is 8.28. The molecule has 25 heavy (non-hydrogen) atoms. The van der Waals surface area contributed by atoms with Crippen LogP contribution in [0.1, 0.15) is 52.4 Å². The second kappa shape index (κ2) is 6.75. The van der Waals surface area contributed by atoms with Crippen LogP contribution in [-0.2, 0) is 14.3 Å². The minimum atomic E-state index is -0.208. The number of esters is 1. The molecule has 0 aliphatic carbocycles. The summed E-state index contributed by atoms with van der Waals surface area (Å²) in [7, 11) is 0. The highest BCUT2D eigenvalue weighted by atomic mass is 16.5. The minimum absolute atomic E-state index is 0.0490. The fourth-order valence-corrected chi connectivity index (χ4v) is 5.46. The van der Waals surface area contributed by atoms with Crippen LogP contribution in [0.3, 0.4) is 0 Å². The van der Waals surface area contributed by atoms with E-state index in [9.17, 15) is 9.59 Å². The highest BCUT2D eigenvalue weighted by Gasteiger charge is 2.52. The number of carbonyl (C=O) groups is 2. The van der Waals surface area contributed by atoms with Gasteiger partial charge in [-0.05, 0) is 51.9 Å². The molecule has 0 N–H and O–H groups in total. The van der Waals surface area contributed by atoms with Crippen LogP contribution < -0.4 is 0 Å². The molecule has 5 atom stereocenters. The molecule has 4 fully saturated rings. The summed E-state index contributed by atoms with van der Waals surface area (Å²) in [5, 5.41) is 0. The third kappa shape index (κ3) is 3.01. The van der Waals surface area contributed by atoms with E-state index in [1.807, 2.05) is 6.92 Å². The third-order valence-corrected chi connectivity index (χ3v) is 6.92. The van der Waals surface area contributed by atoms with Gasteiger partial charge in [-0.2, -0.15) is 0 Å². The molecular formula is C20H30N2O3. The quantitative estimate of drug-likeness (QED) is 0.569. The van der Waals surface area contributed by atoms with Gasteiger partial charge in [-0.15, -0.1) is 0 Å². The third-order valence-electron chi connectivity index (χ3n) is 6.92. The van der Waals surface area contributed by atoms with Crippen molar-refractivity contribution in [1.82, 2.24) is 9.80 Å². The molecular weight excluding hydrogens is 316 g/mol. The van der Waals surface area contributed by atoms with Crippen LogP contribution in [0.2, 0.25) is 0 Å². The number of nitrogens with zero attached hydrogens (tertiary/aromatic N) is 2. The van der Waals surface area contributed by atoms with Gasteiger partial charge in [0.25, 0.3) is 0 Å². The molecule has 0 spiro atoms. The number of allylic oxidation sites excluding steroid dienone is 1. The number of ether oxygens (including phenoxy) is 1. The highest BCUT2D eigenvalue weighted by molar-refractivity contribution is 5.87. The van der Waals surface area contributed by atoms with Crippen LogP contribution in [0.15, 0.2) is 11.6 Å². The van der Waals surface area contributed by atoms with E-state index in [4.69, 9.17) is 4.74 Å². The van der Waals surface area contributed by atoms with Crippen molar-refractivity contribution >= 4 is 11.9 Å². The van der Waals surface area contributed by atoms with Gasteiger partial charge in [0, 0.05) is 43.7 Å². The average Bonchev–Trinajstić information content (AvgIpc) is 2.65. The Hall–Kier alpha value is -1.36. The van der Waals surface area contributed by atoms with Crippen LogP contribution in [-0.4, -0.2) is 59.5 Å². The maximum atomic E-state index is 13.1. The highest BCUT2D eigenvalue weighted by Crippen LogP contribution is 2.43. The molecule has 5 heteroatoms. The van der Waals surface area contributed by atoms with Gasteiger partial charge in [-0.25, -0.2) is 4.79 Å². The molecule has 0 aromatic rings. The fourth-order valence-electron chi connectivity index (χ4n) is 5.46. The summed E-state index contributed by atoms with van der Waals surface area (Å²) in [5.41, 5.74) is 0.663. The van der Waals surface area contributed by atoms with Crippen molar-refractivity contribution in [3.63, 3.8) is 0 Å². The lowest BCUT2D eigenvalue weighted by molar-refractivity contribution is -0.164. The first kappa shape index (κ1) is 17.1. The SMILES string of the molecule is CC=C(C)C(=O)OC1CCN2CC3CC(C(=O)N4CCCCC34)C2C1. The Kier molecular flexibility index (Phi) is 4.61. The molecule has 0 aromatic carbocycles. The van der Waals surface area contributed by atoms with Gasteiger partial charge in [0.15, 0.2) is 0 Å². The molecule has 4 rings (SSSR count). The molecule has 0 radical (unpaired) electrons. The number of fused-ring (bicyclic) bond motifs is 6. The van der Waals surface area contributed by atoms with Crippen molar-refractivity contribution in [2.45, 2.75) is 70.6 Å². The molecule has 0 aromatic heterocycles. The van der Waals surface area contributed by atoms with Gasteiger partial charge in [0.05, 0.1) is 5.92 Å². The van der Waals surface area contributed by atoms with Crippen LogP contribution in [0, 0.1) is 11.8 Å². The predicted molar refractivity (Wildman–Crippen MR) is 94.9 cm³/mol. The van der Waals surface area contributed by atoms with E-state index >= 15 is 0 Å². The Balaban J connectivity index is 1.47. The number of rotatable bonds is 2. The van der Waals surface area contributed by atoms with Gasteiger partial charge >= 0.3 is 5.97 Å². The smallest absolute Gasteiger partial charge is 0.333 e. The number of amides is 1. The Morgan fingerprint density at radius 3 is 2.80 bits per heavy atom. The van der Waals surface area contributed by atoms with Crippen molar-refractivity contribution in [3.05, 3.63) is 11.6 Å². The summed E-state index contributed by atoms with van der Waals surface area (Å²) in [6.45, 7) is 6.66. The number of carbonyl (C=O) groups excluding carboxylic acids is 2. The fraction of sp³-hybridized carbons (Fsp3) is 0.800. The lowest BCUT2D eigenvalue weighted by atomic mass is 9.70. The second-order valence-electron chi connectivity index (χ2n) is 8.28. The lowest BCUT2D eigenvalue weighted by Gasteiger charge is -2.56. The molecule has 0 saturated carbocycles. The molecule has 138 valence electrons. The molecule has 4 heterocycles. The summed E-state index contributed by atoms with van der Waals surface area (Å²) >= 11 is 0. The normalized spacial score (nSPS) is 38.8. The summed E-state index contributed by atoms with van der Waals surface area (Å²) in [6, 6.07) is 0.732. The van der Waals surface area contributed by atoms with E-state index in [0.717, 1.165) is 45.3 Å². The molecule has 2 bridgehead atoms. The van der Waals surface area contributed by atoms with Gasteiger partial charge in [-0.3, -0.25) is 9.69 Å². The van der Waals surface area contributed by atoms with Gasteiger partial charge in [-0.1, -0.05) is 6.08 Å². The van der Waals surface area contributed by atoms with Crippen LogP contribution >= 0.6 is 0 Å². The van der Waals surface area contributed by atoms with Crippen molar-refractivity contribution in [2.75, 3.05) is 19.6 Å². The van der Waals surface area contributed by atoms with Gasteiger partial charge in [0.2, 0.25) is 5.91 Å². The van der Waals surface area contributed by atoms with Crippen molar-refractivity contribution in [1.29, 1.82) is 0 Å². The Morgan fingerprint density at radius 1 is 1.16 bits per heavy atom. The maximum Gasteiger partial charge on any atom is 0.333 e. The molecule has 4 aliphatic rings. The summed E-state index contributed by atoms with van der Waals surface area (Å²) < 4.78 is 5.71. The Bertz CT molecular complexity index is 587. The molecule has 4 saturated heterocycles. The molecule has 1 amide bonds. The van der Waals surface area contributed by atoms with Crippen molar-refractivity contribution in [2.24, 2.45) is 11.8 Å².